The third-order valence-corrected chi connectivity index (χ3v) is 11.0. The van der Waals surface area contributed by atoms with E-state index in [1.165, 1.54) is 51.4 Å². The molecule has 3 rings (SSSR count). The maximum absolute atomic E-state index is 10.9. The molecule has 3 aliphatic rings. The van der Waals surface area contributed by atoms with Crippen LogP contribution < -0.4 is 0 Å². The molecule has 0 radical (unpaired) electrons. The van der Waals surface area contributed by atoms with Crippen molar-refractivity contribution in [3.8, 4) is 0 Å². The number of aliphatic hydroxyl groups is 2. The maximum atomic E-state index is 10.9. The van der Waals surface area contributed by atoms with Crippen molar-refractivity contribution in [3.05, 3.63) is 12.7 Å². The minimum absolute atomic E-state index is 0.142. The van der Waals surface area contributed by atoms with Crippen molar-refractivity contribution >= 4 is 0 Å². The minimum Gasteiger partial charge on any atom is -0.390 e. The zero-order valence-electron chi connectivity index (χ0n) is 22.2. The molecule has 3 aliphatic carbocycles. The van der Waals surface area contributed by atoms with E-state index >= 15 is 0 Å². The third kappa shape index (κ3) is 5.65. The van der Waals surface area contributed by atoms with E-state index in [0.717, 1.165) is 49.4 Å². The van der Waals surface area contributed by atoms with E-state index in [1.54, 1.807) is 0 Å². The lowest BCUT2D eigenvalue weighted by atomic mass is 9.58. The molecule has 0 amide bonds. The molecule has 10 atom stereocenters. The van der Waals surface area contributed by atoms with Gasteiger partial charge in [-0.2, -0.15) is 0 Å². The van der Waals surface area contributed by atoms with Gasteiger partial charge in [-0.05, 0) is 119 Å². The molecule has 0 saturated heterocycles. The first-order valence-corrected chi connectivity index (χ1v) is 14.0. The SMILES string of the molecule is C=CC(C)C(C)(O)CCC(C)C1CCC2C(CCC3CC(C)(O)CCC3C)CCCC12C. The van der Waals surface area contributed by atoms with Crippen LogP contribution in [0, 0.1) is 46.8 Å². The monoisotopic (exact) mass is 446 g/mol. The van der Waals surface area contributed by atoms with E-state index in [0.29, 0.717) is 17.3 Å². The third-order valence-electron chi connectivity index (χ3n) is 11.0. The molecule has 0 heterocycles. The largest absolute Gasteiger partial charge is 0.390 e. The Hall–Kier alpha value is -0.340. The highest BCUT2D eigenvalue weighted by Crippen LogP contribution is 2.61. The van der Waals surface area contributed by atoms with Gasteiger partial charge in [-0.1, -0.05) is 46.6 Å². The minimum atomic E-state index is -0.637. The number of rotatable bonds is 9. The lowest BCUT2D eigenvalue weighted by Gasteiger charge is -2.48. The van der Waals surface area contributed by atoms with Crippen LogP contribution in [-0.2, 0) is 0 Å². The van der Waals surface area contributed by atoms with Crippen LogP contribution >= 0.6 is 0 Å². The fourth-order valence-electron chi connectivity index (χ4n) is 8.32. The molecule has 2 N–H and O–H groups in total. The fourth-order valence-corrected chi connectivity index (χ4v) is 8.32. The van der Waals surface area contributed by atoms with Gasteiger partial charge in [0.25, 0.3) is 0 Å². The van der Waals surface area contributed by atoms with Crippen LogP contribution in [0.3, 0.4) is 0 Å². The zero-order chi connectivity index (χ0) is 23.7. The van der Waals surface area contributed by atoms with Gasteiger partial charge in [0.2, 0.25) is 0 Å². The molecule has 0 aromatic carbocycles. The topological polar surface area (TPSA) is 40.5 Å². The van der Waals surface area contributed by atoms with Gasteiger partial charge in [0.05, 0.1) is 11.2 Å². The smallest absolute Gasteiger partial charge is 0.0679 e. The van der Waals surface area contributed by atoms with Gasteiger partial charge in [0.15, 0.2) is 0 Å². The Kier molecular flexibility index (Phi) is 8.30. The van der Waals surface area contributed by atoms with Crippen molar-refractivity contribution in [2.45, 2.75) is 130 Å². The van der Waals surface area contributed by atoms with Gasteiger partial charge in [-0.25, -0.2) is 0 Å². The molecule has 0 spiro atoms. The number of hydrogen-bond acceptors (Lipinski definition) is 2. The highest BCUT2D eigenvalue weighted by molar-refractivity contribution is 5.02. The quantitative estimate of drug-likeness (QED) is 0.355. The molecule has 0 aromatic rings. The Morgan fingerprint density at radius 1 is 1.06 bits per heavy atom. The first-order valence-electron chi connectivity index (χ1n) is 14.0. The van der Waals surface area contributed by atoms with Crippen LogP contribution in [0.4, 0.5) is 0 Å². The molecule has 2 heteroatoms. The average molecular weight is 447 g/mol. The van der Waals surface area contributed by atoms with Crippen molar-refractivity contribution in [3.63, 3.8) is 0 Å². The Morgan fingerprint density at radius 3 is 2.44 bits per heavy atom. The molecule has 3 saturated carbocycles. The molecule has 10 unspecified atom stereocenters. The van der Waals surface area contributed by atoms with Crippen LogP contribution in [0.2, 0.25) is 0 Å². The van der Waals surface area contributed by atoms with Gasteiger partial charge < -0.3 is 10.2 Å². The molecule has 32 heavy (non-hydrogen) atoms. The standard InChI is InChI=1S/C30H54O2/c1-8-23(4)30(7,32)19-16-22(3)26-13-14-27-24(10-9-17-29(26,27)6)11-12-25-20-28(5,31)18-15-21(25)2/h8,21-27,31-32H,1,9-20H2,2-7H3. The summed E-state index contributed by atoms with van der Waals surface area (Å²) in [7, 11) is 0. The van der Waals surface area contributed by atoms with Gasteiger partial charge >= 0.3 is 0 Å². The molecule has 2 nitrogen and oxygen atoms in total. The molecule has 0 aromatic heterocycles. The summed E-state index contributed by atoms with van der Waals surface area (Å²) in [6.45, 7) is 17.5. The van der Waals surface area contributed by atoms with Crippen molar-refractivity contribution in [1.29, 1.82) is 0 Å². The second kappa shape index (κ2) is 10.1. The van der Waals surface area contributed by atoms with Crippen molar-refractivity contribution in [1.82, 2.24) is 0 Å². The summed E-state index contributed by atoms with van der Waals surface area (Å²) in [4.78, 5) is 0. The highest BCUT2D eigenvalue weighted by Gasteiger charge is 2.52. The Bertz CT molecular complexity index is 622. The second-order valence-electron chi connectivity index (χ2n) is 13.4. The normalized spacial score (nSPS) is 43.8. The van der Waals surface area contributed by atoms with Gasteiger partial charge in [-0.3, -0.25) is 0 Å². The molecule has 0 bridgehead atoms. The van der Waals surface area contributed by atoms with E-state index in [4.69, 9.17) is 0 Å². The van der Waals surface area contributed by atoms with E-state index in [1.807, 2.05) is 13.0 Å². The average Bonchev–Trinajstić information content (AvgIpc) is 3.09. The predicted molar refractivity (Wildman–Crippen MR) is 136 cm³/mol. The number of hydrogen-bond donors (Lipinski definition) is 2. The van der Waals surface area contributed by atoms with E-state index in [2.05, 4.69) is 41.2 Å². The summed E-state index contributed by atoms with van der Waals surface area (Å²) in [5.41, 5.74) is -0.583. The van der Waals surface area contributed by atoms with Gasteiger partial charge in [0.1, 0.15) is 0 Å². The van der Waals surface area contributed by atoms with E-state index in [9.17, 15) is 10.2 Å². The summed E-state index contributed by atoms with van der Waals surface area (Å²) >= 11 is 0. The Morgan fingerprint density at radius 2 is 1.75 bits per heavy atom. The highest BCUT2D eigenvalue weighted by atomic mass is 16.3. The molecular weight excluding hydrogens is 392 g/mol. The first-order chi connectivity index (χ1) is 14.9. The summed E-state index contributed by atoms with van der Waals surface area (Å²) in [5, 5.41) is 21.5. The lowest BCUT2D eigenvalue weighted by molar-refractivity contribution is -0.0253. The van der Waals surface area contributed by atoms with Crippen LogP contribution in [-0.4, -0.2) is 21.4 Å². The second-order valence-corrected chi connectivity index (χ2v) is 13.4. The van der Waals surface area contributed by atoms with Gasteiger partial charge in [0, 0.05) is 5.92 Å². The first kappa shape index (κ1) is 26.3. The van der Waals surface area contributed by atoms with Crippen LogP contribution in [0.15, 0.2) is 12.7 Å². The van der Waals surface area contributed by atoms with E-state index in [-0.39, 0.29) is 5.92 Å². The van der Waals surface area contributed by atoms with E-state index < -0.39 is 11.2 Å². The van der Waals surface area contributed by atoms with Crippen molar-refractivity contribution < 1.29 is 10.2 Å². The number of fused-ring (bicyclic) bond motifs is 1. The van der Waals surface area contributed by atoms with Crippen molar-refractivity contribution in [2.24, 2.45) is 46.8 Å². The van der Waals surface area contributed by atoms with Gasteiger partial charge in [-0.15, -0.1) is 6.58 Å². The molecule has 0 aliphatic heterocycles. The maximum Gasteiger partial charge on any atom is 0.0679 e. The lowest BCUT2D eigenvalue weighted by Crippen LogP contribution is -2.40. The Labute approximate surface area is 199 Å². The zero-order valence-corrected chi connectivity index (χ0v) is 22.2. The van der Waals surface area contributed by atoms with Crippen molar-refractivity contribution in [2.75, 3.05) is 0 Å². The fraction of sp³-hybridized carbons (Fsp3) is 0.933. The summed E-state index contributed by atoms with van der Waals surface area (Å²) in [5.74, 6) is 4.87. The predicted octanol–water partition coefficient (Wildman–Crippen LogP) is 7.78. The molecule has 3 fully saturated rings. The van der Waals surface area contributed by atoms with Crippen LogP contribution in [0.25, 0.3) is 0 Å². The van der Waals surface area contributed by atoms with Crippen LogP contribution in [0.5, 0.6) is 0 Å². The summed E-state index contributed by atoms with van der Waals surface area (Å²) in [6, 6.07) is 0. The summed E-state index contributed by atoms with van der Waals surface area (Å²) < 4.78 is 0. The molecule has 186 valence electrons. The molecular formula is C30H54O2. The Balaban J connectivity index is 1.59. The van der Waals surface area contributed by atoms with Crippen LogP contribution in [0.1, 0.15) is 119 Å². The summed E-state index contributed by atoms with van der Waals surface area (Å²) in [6.07, 6.45) is 16.8.